The Hall–Kier alpha value is -0.850. The molecule has 0 aromatic heterocycles. The average molecular weight is 179 g/mol. The van der Waals surface area contributed by atoms with Gasteiger partial charge in [-0.1, -0.05) is 32.0 Å². The Morgan fingerprint density at radius 1 is 1.38 bits per heavy atom. The predicted octanol–water partition coefficient (Wildman–Crippen LogP) is 3.47. The van der Waals surface area contributed by atoms with Gasteiger partial charge in [0.15, 0.2) is 0 Å². The highest BCUT2D eigenvalue weighted by molar-refractivity contribution is 5.37. The minimum absolute atomic E-state index is 0.355. The normalized spacial score (nSPS) is 10.8. The smallest absolute Gasteiger partial charge is 0.0997 e. The first-order valence-electron chi connectivity index (χ1n) is 4.67. The minimum atomic E-state index is -0.355. The van der Waals surface area contributed by atoms with E-state index in [1.165, 1.54) is 11.1 Å². The molecule has 0 aliphatic heterocycles. The molecule has 71 valence electrons. The van der Waals surface area contributed by atoms with Crippen LogP contribution >= 0.6 is 0 Å². The van der Waals surface area contributed by atoms with Gasteiger partial charge in [0.1, 0.15) is 0 Å². The topological polar surface area (TPSA) is 0 Å². The standard InChI is InChI=1S/C12H16F/c1-4-11-7-12(10(3)8-13)6-5-9(11)2/h5-7H,4,8H2,1-3H3. The molecule has 0 aliphatic rings. The Kier molecular flexibility index (Phi) is 3.47. The summed E-state index contributed by atoms with van der Waals surface area (Å²) in [6.07, 6.45) is 1.01. The van der Waals surface area contributed by atoms with Gasteiger partial charge < -0.3 is 0 Å². The van der Waals surface area contributed by atoms with Gasteiger partial charge >= 0.3 is 0 Å². The highest BCUT2D eigenvalue weighted by atomic mass is 19.1. The minimum Gasteiger partial charge on any atom is -0.250 e. The van der Waals surface area contributed by atoms with Crippen LogP contribution in [0.1, 0.15) is 30.5 Å². The number of aryl methyl sites for hydroxylation is 2. The third-order valence-corrected chi connectivity index (χ3v) is 2.42. The van der Waals surface area contributed by atoms with Crippen LogP contribution in [-0.4, -0.2) is 6.67 Å². The second-order valence-corrected chi connectivity index (χ2v) is 3.41. The van der Waals surface area contributed by atoms with E-state index in [0.717, 1.165) is 17.9 Å². The second kappa shape index (κ2) is 4.40. The molecule has 1 aromatic rings. The van der Waals surface area contributed by atoms with Crippen LogP contribution in [0.4, 0.5) is 4.39 Å². The molecule has 1 radical (unpaired) electrons. The first-order valence-corrected chi connectivity index (χ1v) is 4.67. The van der Waals surface area contributed by atoms with Gasteiger partial charge in [-0.15, -0.1) is 0 Å². The molecule has 0 nitrogen and oxygen atoms in total. The molecule has 0 bridgehead atoms. The van der Waals surface area contributed by atoms with Crippen molar-refractivity contribution in [3.05, 3.63) is 40.8 Å². The lowest BCUT2D eigenvalue weighted by Crippen LogP contribution is -1.98. The van der Waals surface area contributed by atoms with Gasteiger partial charge in [-0.05, 0) is 30.0 Å². The summed E-state index contributed by atoms with van der Waals surface area (Å²) in [5.74, 6) is 0.815. The lowest BCUT2D eigenvalue weighted by Gasteiger charge is -2.10. The molecular formula is C12H16F. The maximum absolute atomic E-state index is 12.4. The molecule has 1 rings (SSSR count). The van der Waals surface area contributed by atoms with Crippen molar-refractivity contribution < 1.29 is 4.39 Å². The Morgan fingerprint density at radius 2 is 2.08 bits per heavy atom. The third kappa shape index (κ3) is 2.30. The van der Waals surface area contributed by atoms with Crippen LogP contribution in [0.2, 0.25) is 0 Å². The molecular weight excluding hydrogens is 163 g/mol. The summed E-state index contributed by atoms with van der Waals surface area (Å²) in [6.45, 7) is 5.70. The SMILES string of the molecule is CCc1cc([C](C)CF)ccc1C. The molecule has 0 heterocycles. The van der Waals surface area contributed by atoms with Crippen molar-refractivity contribution in [3.8, 4) is 0 Å². The number of benzene rings is 1. The van der Waals surface area contributed by atoms with Gasteiger partial charge in [0.05, 0.1) is 6.67 Å². The molecule has 13 heavy (non-hydrogen) atoms. The van der Waals surface area contributed by atoms with Crippen LogP contribution in [0.25, 0.3) is 0 Å². The summed E-state index contributed by atoms with van der Waals surface area (Å²) in [5.41, 5.74) is 3.63. The molecule has 0 fully saturated rings. The molecule has 1 aromatic carbocycles. The summed E-state index contributed by atoms with van der Waals surface area (Å²) in [7, 11) is 0. The number of rotatable bonds is 3. The summed E-state index contributed by atoms with van der Waals surface area (Å²) >= 11 is 0. The van der Waals surface area contributed by atoms with Crippen LogP contribution in [0.15, 0.2) is 18.2 Å². The fourth-order valence-electron chi connectivity index (χ4n) is 1.39. The molecule has 0 aliphatic carbocycles. The number of hydrogen-bond donors (Lipinski definition) is 0. The quantitative estimate of drug-likeness (QED) is 0.666. The molecule has 0 saturated carbocycles. The van der Waals surface area contributed by atoms with Gasteiger partial charge in [-0.3, -0.25) is 4.39 Å². The van der Waals surface area contributed by atoms with E-state index in [1.54, 1.807) is 0 Å². The predicted molar refractivity (Wildman–Crippen MR) is 54.6 cm³/mol. The highest BCUT2D eigenvalue weighted by Gasteiger charge is 2.06. The van der Waals surface area contributed by atoms with Gasteiger partial charge in [0.25, 0.3) is 0 Å². The van der Waals surface area contributed by atoms with Gasteiger partial charge in [0, 0.05) is 5.92 Å². The fraction of sp³-hybridized carbons (Fsp3) is 0.417. The van der Waals surface area contributed by atoms with E-state index in [-0.39, 0.29) is 6.67 Å². The van der Waals surface area contributed by atoms with E-state index in [1.807, 2.05) is 13.0 Å². The van der Waals surface area contributed by atoms with E-state index in [4.69, 9.17) is 0 Å². The first-order chi connectivity index (χ1) is 6.19. The maximum atomic E-state index is 12.4. The summed E-state index contributed by atoms with van der Waals surface area (Å²) in [6, 6.07) is 6.14. The number of alkyl halides is 1. The van der Waals surface area contributed by atoms with Gasteiger partial charge in [-0.2, -0.15) is 0 Å². The zero-order valence-corrected chi connectivity index (χ0v) is 8.52. The fourth-order valence-corrected chi connectivity index (χ4v) is 1.39. The zero-order valence-electron chi connectivity index (χ0n) is 8.52. The molecule has 0 N–H and O–H groups in total. The van der Waals surface area contributed by atoms with Crippen LogP contribution in [0.5, 0.6) is 0 Å². The molecule has 0 unspecified atom stereocenters. The van der Waals surface area contributed by atoms with E-state index >= 15 is 0 Å². The molecule has 0 saturated heterocycles. The van der Waals surface area contributed by atoms with Crippen molar-refractivity contribution >= 4 is 0 Å². The molecule has 1 heteroatoms. The number of halogens is 1. The Bertz CT molecular complexity index is 278. The van der Waals surface area contributed by atoms with E-state index in [9.17, 15) is 4.39 Å². The summed E-state index contributed by atoms with van der Waals surface area (Å²) < 4.78 is 12.4. The third-order valence-electron chi connectivity index (χ3n) is 2.42. The summed E-state index contributed by atoms with van der Waals surface area (Å²) in [4.78, 5) is 0. The van der Waals surface area contributed by atoms with E-state index < -0.39 is 0 Å². The van der Waals surface area contributed by atoms with Crippen LogP contribution in [-0.2, 0) is 6.42 Å². The van der Waals surface area contributed by atoms with Crippen molar-refractivity contribution in [3.63, 3.8) is 0 Å². The zero-order chi connectivity index (χ0) is 9.84. The van der Waals surface area contributed by atoms with Gasteiger partial charge in [0.2, 0.25) is 0 Å². The lowest BCUT2D eigenvalue weighted by atomic mass is 9.96. The highest BCUT2D eigenvalue weighted by Crippen LogP contribution is 2.19. The largest absolute Gasteiger partial charge is 0.250 e. The Labute approximate surface area is 79.8 Å². The first kappa shape index (κ1) is 10.2. The van der Waals surface area contributed by atoms with E-state index in [2.05, 4.69) is 26.0 Å². The van der Waals surface area contributed by atoms with Crippen molar-refractivity contribution in [2.24, 2.45) is 0 Å². The van der Waals surface area contributed by atoms with Crippen LogP contribution in [0.3, 0.4) is 0 Å². The molecule has 0 spiro atoms. The van der Waals surface area contributed by atoms with Crippen molar-refractivity contribution in [1.29, 1.82) is 0 Å². The monoisotopic (exact) mass is 179 g/mol. The van der Waals surface area contributed by atoms with Crippen LogP contribution < -0.4 is 0 Å². The average Bonchev–Trinajstić information content (AvgIpc) is 2.17. The second-order valence-electron chi connectivity index (χ2n) is 3.41. The Balaban J connectivity index is 2.99. The van der Waals surface area contributed by atoms with Crippen molar-refractivity contribution in [1.82, 2.24) is 0 Å². The molecule has 0 amide bonds. The summed E-state index contributed by atoms with van der Waals surface area (Å²) in [5, 5.41) is 0. The lowest BCUT2D eigenvalue weighted by molar-refractivity contribution is 0.516. The van der Waals surface area contributed by atoms with Crippen molar-refractivity contribution in [2.45, 2.75) is 27.2 Å². The van der Waals surface area contributed by atoms with Gasteiger partial charge in [-0.25, -0.2) is 0 Å². The van der Waals surface area contributed by atoms with Crippen molar-refractivity contribution in [2.75, 3.05) is 6.67 Å². The Morgan fingerprint density at radius 3 is 2.62 bits per heavy atom. The van der Waals surface area contributed by atoms with Crippen LogP contribution in [0, 0.1) is 12.8 Å². The van der Waals surface area contributed by atoms with E-state index in [0.29, 0.717) is 0 Å². The maximum Gasteiger partial charge on any atom is 0.0997 e. The number of hydrogen-bond acceptors (Lipinski definition) is 0. The molecule has 0 atom stereocenters.